The zero-order chi connectivity index (χ0) is 19.9. The highest BCUT2D eigenvalue weighted by Crippen LogP contribution is 2.19. The van der Waals surface area contributed by atoms with Gasteiger partial charge in [0.2, 0.25) is 0 Å². The van der Waals surface area contributed by atoms with Gasteiger partial charge in [-0.1, -0.05) is 25.0 Å². The molecule has 1 fully saturated rings. The van der Waals surface area contributed by atoms with Gasteiger partial charge < -0.3 is 19.9 Å². The molecule has 0 radical (unpaired) electrons. The van der Waals surface area contributed by atoms with Crippen LogP contribution >= 0.6 is 24.0 Å². The number of aliphatic imine (C=N–C) groups is 1. The van der Waals surface area contributed by atoms with Gasteiger partial charge in [-0.2, -0.15) is 0 Å². The lowest BCUT2D eigenvalue weighted by Gasteiger charge is -2.17. The Hall–Kier alpha value is -1.84. The van der Waals surface area contributed by atoms with E-state index in [0.717, 1.165) is 41.9 Å². The molecule has 0 spiro atoms. The summed E-state index contributed by atoms with van der Waals surface area (Å²) in [5, 5.41) is 15.4. The lowest BCUT2D eigenvalue weighted by atomic mass is 10.1. The summed E-state index contributed by atoms with van der Waals surface area (Å²) in [7, 11) is 3.69. The Morgan fingerprint density at radius 1 is 1.24 bits per heavy atom. The normalized spacial score (nSPS) is 14.6. The predicted octanol–water partition coefficient (Wildman–Crippen LogP) is 3.28. The van der Waals surface area contributed by atoms with Crippen LogP contribution in [-0.2, 0) is 20.0 Å². The molecule has 0 amide bonds. The molecule has 160 valence electrons. The van der Waals surface area contributed by atoms with Crippen molar-refractivity contribution in [3.8, 4) is 5.75 Å². The number of guanidine groups is 1. The predicted molar refractivity (Wildman–Crippen MR) is 127 cm³/mol. The first kappa shape index (κ1) is 23.4. The molecule has 1 aromatic carbocycles. The average Bonchev–Trinajstić information content (AvgIpc) is 3.31. The molecule has 8 heteroatoms. The van der Waals surface area contributed by atoms with Crippen molar-refractivity contribution in [2.24, 2.45) is 12.0 Å². The Morgan fingerprint density at radius 3 is 2.66 bits per heavy atom. The van der Waals surface area contributed by atoms with Gasteiger partial charge in [-0.3, -0.25) is 0 Å². The van der Waals surface area contributed by atoms with Gasteiger partial charge in [0.1, 0.15) is 18.1 Å². The Bertz CT molecular complexity index is 813. The fourth-order valence-electron chi connectivity index (χ4n) is 3.50. The number of nitrogens with one attached hydrogen (secondary N) is 2. The third-order valence-corrected chi connectivity index (χ3v) is 5.44. The first-order chi connectivity index (χ1) is 13.6. The highest BCUT2D eigenvalue weighted by Gasteiger charge is 2.16. The van der Waals surface area contributed by atoms with Gasteiger partial charge in [0.05, 0.1) is 7.11 Å². The summed E-state index contributed by atoms with van der Waals surface area (Å²) in [6, 6.07) is 6.88. The number of nitrogens with zero attached hydrogens (tertiary/aromatic N) is 4. The second kappa shape index (κ2) is 11.4. The summed E-state index contributed by atoms with van der Waals surface area (Å²) in [4.78, 5) is 4.76. The van der Waals surface area contributed by atoms with Crippen LogP contribution in [0.3, 0.4) is 0 Å². The zero-order valence-electron chi connectivity index (χ0n) is 17.9. The second-order valence-corrected chi connectivity index (χ2v) is 7.49. The number of ether oxygens (including phenoxy) is 1. The van der Waals surface area contributed by atoms with Crippen LogP contribution in [0.1, 0.15) is 48.5 Å². The van der Waals surface area contributed by atoms with E-state index in [2.05, 4.69) is 46.0 Å². The molecule has 1 heterocycles. The van der Waals surface area contributed by atoms with E-state index in [9.17, 15) is 0 Å². The van der Waals surface area contributed by atoms with Gasteiger partial charge in [-0.05, 0) is 50.3 Å². The highest BCUT2D eigenvalue weighted by molar-refractivity contribution is 14.0. The highest BCUT2D eigenvalue weighted by atomic mass is 127. The largest absolute Gasteiger partial charge is 0.496 e. The molecule has 0 unspecified atom stereocenters. The molecule has 3 rings (SSSR count). The summed E-state index contributed by atoms with van der Waals surface area (Å²) in [5.74, 6) is 3.56. The molecule has 1 aromatic heterocycles. The van der Waals surface area contributed by atoms with E-state index in [1.54, 1.807) is 7.11 Å². The van der Waals surface area contributed by atoms with E-state index in [0.29, 0.717) is 12.6 Å². The van der Waals surface area contributed by atoms with E-state index in [1.807, 2.05) is 18.5 Å². The zero-order valence-corrected chi connectivity index (χ0v) is 20.2. The van der Waals surface area contributed by atoms with Crippen molar-refractivity contribution in [2.45, 2.75) is 58.5 Å². The molecule has 0 bridgehead atoms. The lowest BCUT2D eigenvalue weighted by Crippen LogP contribution is -2.43. The van der Waals surface area contributed by atoms with Crippen LogP contribution in [0.2, 0.25) is 0 Å². The number of rotatable bonds is 7. The maximum Gasteiger partial charge on any atom is 0.191 e. The number of hydrogen-bond donors (Lipinski definition) is 2. The van der Waals surface area contributed by atoms with Crippen molar-refractivity contribution in [1.29, 1.82) is 0 Å². The first-order valence-electron chi connectivity index (χ1n) is 10.1. The van der Waals surface area contributed by atoms with Gasteiger partial charge in [-0.25, -0.2) is 4.99 Å². The molecule has 2 aromatic rings. The van der Waals surface area contributed by atoms with Crippen molar-refractivity contribution >= 4 is 29.9 Å². The molecule has 1 aliphatic rings. The number of halogens is 1. The van der Waals surface area contributed by atoms with Crippen molar-refractivity contribution in [2.75, 3.05) is 13.7 Å². The summed E-state index contributed by atoms with van der Waals surface area (Å²) < 4.78 is 7.41. The molecule has 0 saturated heterocycles. The minimum Gasteiger partial charge on any atom is -0.496 e. The monoisotopic (exact) mass is 512 g/mol. The van der Waals surface area contributed by atoms with Gasteiger partial charge in [-0.15, -0.1) is 34.2 Å². The molecule has 29 heavy (non-hydrogen) atoms. The van der Waals surface area contributed by atoms with E-state index >= 15 is 0 Å². The standard InChI is InChI=1S/C21H32N6O.HI/c1-15-9-10-17(13-19(15)28-4)11-12-22-21(24-18-7-5-6-8-18)23-14-20-26-25-16(2)27(20)3;/h9-10,13,18H,5-8,11-12,14H2,1-4H3,(H2,22,23,24);1H. The molecular formula is C21H33IN6O. The molecular weight excluding hydrogens is 479 g/mol. The van der Waals surface area contributed by atoms with Crippen molar-refractivity contribution in [3.63, 3.8) is 0 Å². The van der Waals surface area contributed by atoms with E-state index in [4.69, 9.17) is 9.73 Å². The molecule has 0 atom stereocenters. The number of hydrogen-bond acceptors (Lipinski definition) is 4. The minimum absolute atomic E-state index is 0. The van der Waals surface area contributed by atoms with Crippen LogP contribution in [0.25, 0.3) is 0 Å². The number of aromatic nitrogens is 3. The Balaban J connectivity index is 0.00000300. The summed E-state index contributed by atoms with van der Waals surface area (Å²) in [5.41, 5.74) is 2.41. The topological polar surface area (TPSA) is 76.4 Å². The quantitative estimate of drug-likeness (QED) is 0.339. The third kappa shape index (κ3) is 6.58. The third-order valence-electron chi connectivity index (χ3n) is 5.44. The smallest absolute Gasteiger partial charge is 0.191 e. The fourth-order valence-corrected chi connectivity index (χ4v) is 3.50. The van der Waals surface area contributed by atoms with Crippen LogP contribution in [0.15, 0.2) is 23.2 Å². The van der Waals surface area contributed by atoms with Gasteiger partial charge in [0.25, 0.3) is 0 Å². The van der Waals surface area contributed by atoms with Crippen LogP contribution in [0, 0.1) is 13.8 Å². The molecule has 2 N–H and O–H groups in total. The Morgan fingerprint density at radius 2 is 2.00 bits per heavy atom. The van der Waals surface area contributed by atoms with Gasteiger partial charge in [0, 0.05) is 19.6 Å². The fraction of sp³-hybridized carbons (Fsp3) is 0.571. The van der Waals surface area contributed by atoms with E-state index in [1.165, 1.54) is 31.2 Å². The van der Waals surface area contributed by atoms with Crippen LogP contribution < -0.4 is 15.4 Å². The summed E-state index contributed by atoms with van der Waals surface area (Å²) in [6.45, 7) is 5.33. The van der Waals surface area contributed by atoms with Crippen LogP contribution in [-0.4, -0.2) is 40.4 Å². The van der Waals surface area contributed by atoms with Gasteiger partial charge in [0.15, 0.2) is 11.8 Å². The van der Waals surface area contributed by atoms with Crippen molar-refractivity contribution < 1.29 is 4.74 Å². The Kier molecular flexibility index (Phi) is 9.19. The second-order valence-electron chi connectivity index (χ2n) is 7.49. The molecule has 1 saturated carbocycles. The number of benzene rings is 1. The van der Waals surface area contributed by atoms with Crippen molar-refractivity contribution in [1.82, 2.24) is 25.4 Å². The van der Waals surface area contributed by atoms with Crippen LogP contribution in [0.4, 0.5) is 0 Å². The summed E-state index contributed by atoms with van der Waals surface area (Å²) >= 11 is 0. The van der Waals surface area contributed by atoms with Crippen molar-refractivity contribution in [3.05, 3.63) is 41.0 Å². The SMILES string of the molecule is COc1cc(CCNC(=NCc2nnc(C)n2C)NC2CCCC2)ccc1C.I. The molecule has 1 aliphatic carbocycles. The van der Waals surface area contributed by atoms with Gasteiger partial charge >= 0.3 is 0 Å². The maximum absolute atomic E-state index is 5.43. The first-order valence-corrected chi connectivity index (χ1v) is 10.1. The molecule has 0 aliphatic heterocycles. The average molecular weight is 512 g/mol. The summed E-state index contributed by atoms with van der Waals surface area (Å²) in [6.07, 6.45) is 5.90. The Labute approximate surface area is 190 Å². The minimum atomic E-state index is 0. The number of methoxy groups -OCH3 is 1. The lowest BCUT2D eigenvalue weighted by molar-refractivity contribution is 0.411. The van der Waals surface area contributed by atoms with Crippen LogP contribution in [0.5, 0.6) is 5.75 Å². The maximum atomic E-state index is 5.43. The number of aryl methyl sites for hydroxylation is 2. The molecule has 7 nitrogen and oxygen atoms in total. The van der Waals surface area contributed by atoms with E-state index in [-0.39, 0.29) is 24.0 Å². The van der Waals surface area contributed by atoms with E-state index < -0.39 is 0 Å².